The SMILES string of the molecule is COc1ccc(COC(=O)N2C[C@@H](S)C[C@H]2CN2CCCC2=O)cc1. The molecule has 2 atom stereocenters. The lowest BCUT2D eigenvalue weighted by molar-refractivity contribution is -0.128. The van der Waals surface area contributed by atoms with E-state index >= 15 is 0 Å². The highest BCUT2D eigenvalue weighted by atomic mass is 32.1. The van der Waals surface area contributed by atoms with E-state index in [9.17, 15) is 9.59 Å². The summed E-state index contributed by atoms with van der Waals surface area (Å²) < 4.78 is 10.6. The van der Waals surface area contributed by atoms with Gasteiger partial charge in [-0.1, -0.05) is 12.1 Å². The average molecular weight is 364 g/mol. The van der Waals surface area contributed by atoms with Gasteiger partial charge in [0.1, 0.15) is 12.4 Å². The van der Waals surface area contributed by atoms with Gasteiger partial charge in [-0.05, 0) is 30.5 Å². The molecule has 2 saturated heterocycles. The van der Waals surface area contributed by atoms with Gasteiger partial charge in [0.05, 0.1) is 13.2 Å². The molecule has 0 aromatic heterocycles. The van der Waals surface area contributed by atoms with Gasteiger partial charge in [0.15, 0.2) is 0 Å². The van der Waals surface area contributed by atoms with Crippen molar-refractivity contribution in [3.8, 4) is 5.75 Å². The molecule has 2 aliphatic rings. The third kappa shape index (κ3) is 4.39. The molecule has 0 N–H and O–H groups in total. The Bertz CT molecular complexity index is 622. The summed E-state index contributed by atoms with van der Waals surface area (Å²) in [5.74, 6) is 0.942. The van der Waals surface area contributed by atoms with E-state index in [0.717, 1.165) is 30.7 Å². The molecule has 0 bridgehead atoms. The molecule has 25 heavy (non-hydrogen) atoms. The number of methoxy groups -OCH3 is 1. The van der Waals surface area contributed by atoms with Crippen molar-refractivity contribution in [1.82, 2.24) is 9.80 Å². The van der Waals surface area contributed by atoms with Gasteiger partial charge in [0, 0.05) is 31.3 Å². The van der Waals surface area contributed by atoms with Crippen LogP contribution in [0.4, 0.5) is 4.79 Å². The normalized spacial score (nSPS) is 23.2. The van der Waals surface area contributed by atoms with Crippen LogP contribution in [0.5, 0.6) is 5.75 Å². The zero-order valence-electron chi connectivity index (χ0n) is 14.4. The second kappa shape index (κ2) is 7.99. The minimum absolute atomic E-state index is 0.0204. The third-order valence-electron chi connectivity index (χ3n) is 4.75. The van der Waals surface area contributed by atoms with Gasteiger partial charge in [-0.15, -0.1) is 0 Å². The Labute approximate surface area is 153 Å². The highest BCUT2D eigenvalue weighted by molar-refractivity contribution is 7.81. The van der Waals surface area contributed by atoms with E-state index in [4.69, 9.17) is 9.47 Å². The Kier molecular flexibility index (Phi) is 5.73. The van der Waals surface area contributed by atoms with Crippen LogP contribution in [-0.4, -0.2) is 59.8 Å². The summed E-state index contributed by atoms with van der Waals surface area (Å²) in [4.78, 5) is 27.9. The van der Waals surface area contributed by atoms with Crippen LogP contribution in [0.15, 0.2) is 24.3 Å². The van der Waals surface area contributed by atoms with Gasteiger partial charge >= 0.3 is 6.09 Å². The number of likely N-dealkylation sites (tertiary alicyclic amines) is 2. The predicted octanol–water partition coefficient (Wildman–Crippen LogP) is 2.33. The molecule has 7 heteroatoms. The van der Waals surface area contributed by atoms with Crippen molar-refractivity contribution in [3.05, 3.63) is 29.8 Å². The van der Waals surface area contributed by atoms with Gasteiger partial charge in [-0.25, -0.2) is 4.79 Å². The number of nitrogens with zero attached hydrogens (tertiary/aromatic N) is 2. The number of ether oxygens (including phenoxy) is 2. The molecule has 2 aliphatic heterocycles. The van der Waals surface area contributed by atoms with Gasteiger partial charge in [0.2, 0.25) is 5.91 Å². The molecule has 2 heterocycles. The van der Waals surface area contributed by atoms with Crippen LogP contribution in [0.1, 0.15) is 24.8 Å². The molecule has 0 aliphatic carbocycles. The van der Waals surface area contributed by atoms with Crippen molar-refractivity contribution >= 4 is 24.6 Å². The molecule has 3 rings (SSSR count). The number of thiol groups is 1. The lowest BCUT2D eigenvalue weighted by atomic mass is 10.2. The molecule has 0 unspecified atom stereocenters. The van der Waals surface area contributed by atoms with Crippen LogP contribution < -0.4 is 4.74 Å². The molecular formula is C18H24N2O4S. The Morgan fingerprint density at radius 1 is 1.32 bits per heavy atom. The minimum atomic E-state index is -0.344. The zero-order chi connectivity index (χ0) is 17.8. The summed E-state index contributed by atoms with van der Waals surface area (Å²) in [7, 11) is 1.61. The largest absolute Gasteiger partial charge is 0.497 e. The van der Waals surface area contributed by atoms with E-state index in [2.05, 4.69) is 12.6 Å². The Morgan fingerprint density at radius 2 is 2.08 bits per heavy atom. The first-order valence-electron chi connectivity index (χ1n) is 8.59. The fourth-order valence-corrected chi connectivity index (χ4v) is 3.81. The highest BCUT2D eigenvalue weighted by Gasteiger charge is 2.37. The van der Waals surface area contributed by atoms with E-state index in [0.29, 0.717) is 19.5 Å². The van der Waals surface area contributed by atoms with Crippen molar-refractivity contribution in [2.75, 3.05) is 26.7 Å². The third-order valence-corrected chi connectivity index (χ3v) is 5.12. The molecule has 0 radical (unpaired) electrons. The fourth-order valence-electron chi connectivity index (χ4n) is 3.39. The van der Waals surface area contributed by atoms with Crippen molar-refractivity contribution in [2.24, 2.45) is 0 Å². The topological polar surface area (TPSA) is 59.1 Å². The molecule has 136 valence electrons. The van der Waals surface area contributed by atoms with Crippen molar-refractivity contribution in [1.29, 1.82) is 0 Å². The van der Waals surface area contributed by atoms with E-state index in [-0.39, 0.29) is 29.9 Å². The first-order valence-corrected chi connectivity index (χ1v) is 9.10. The van der Waals surface area contributed by atoms with Crippen LogP contribution in [0.25, 0.3) is 0 Å². The summed E-state index contributed by atoms with van der Waals surface area (Å²) in [5.41, 5.74) is 0.905. The maximum Gasteiger partial charge on any atom is 0.410 e. The monoisotopic (exact) mass is 364 g/mol. The van der Waals surface area contributed by atoms with Crippen LogP contribution in [0.3, 0.4) is 0 Å². The van der Waals surface area contributed by atoms with E-state index in [1.165, 1.54) is 0 Å². The van der Waals surface area contributed by atoms with E-state index in [1.807, 2.05) is 29.2 Å². The molecule has 1 aromatic rings. The van der Waals surface area contributed by atoms with E-state index < -0.39 is 0 Å². The van der Waals surface area contributed by atoms with Gasteiger partial charge < -0.3 is 19.3 Å². The maximum absolute atomic E-state index is 12.5. The molecule has 2 amide bonds. The van der Waals surface area contributed by atoms with Gasteiger partial charge in [-0.2, -0.15) is 12.6 Å². The van der Waals surface area contributed by atoms with Crippen molar-refractivity contribution < 1.29 is 19.1 Å². The quantitative estimate of drug-likeness (QED) is 0.815. The fraction of sp³-hybridized carbons (Fsp3) is 0.556. The molecule has 1 aromatic carbocycles. The first kappa shape index (κ1) is 17.9. The molecule has 0 saturated carbocycles. The summed E-state index contributed by atoms with van der Waals surface area (Å²) in [6, 6.07) is 7.40. The van der Waals surface area contributed by atoms with Crippen LogP contribution in [0, 0.1) is 0 Å². The molecular weight excluding hydrogens is 340 g/mol. The number of hydrogen-bond acceptors (Lipinski definition) is 5. The summed E-state index contributed by atoms with van der Waals surface area (Å²) in [6.07, 6.45) is 1.95. The second-order valence-corrected chi connectivity index (χ2v) is 7.27. The van der Waals surface area contributed by atoms with Crippen LogP contribution in [-0.2, 0) is 16.1 Å². The number of hydrogen-bond donors (Lipinski definition) is 1. The Morgan fingerprint density at radius 3 is 2.72 bits per heavy atom. The predicted molar refractivity (Wildman–Crippen MR) is 96.9 cm³/mol. The second-order valence-electron chi connectivity index (χ2n) is 6.54. The summed E-state index contributed by atoms with van der Waals surface area (Å²) >= 11 is 4.52. The van der Waals surface area contributed by atoms with Crippen LogP contribution >= 0.6 is 12.6 Å². The Hall–Kier alpha value is -1.89. The van der Waals surface area contributed by atoms with Gasteiger partial charge in [-0.3, -0.25) is 4.79 Å². The summed E-state index contributed by atoms with van der Waals surface area (Å²) in [5, 5.41) is 0.122. The highest BCUT2D eigenvalue weighted by Crippen LogP contribution is 2.25. The van der Waals surface area contributed by atoms with Crippen molar-refractivity contribution in [3.63, 3.8) is 0 Å². The Balaban J connectivity index is 1.56. The molecule has 2 fully saturated rings. The summed E-state index contributed by atoms with van der Waals surface area (Å²) in [6.45, 7) is 2.12. The zero-order valence-corrected chi connectivity index (χ0v) is 15.3. The smallest absolute Gasteiger partial charge is 0.410 e. The standard InChI is InChI=1S/C18H24N2O4S/c1-23-15-6-4-13(5-7-15)12-24-18(22)20-11-16(25)9-14(20)10-19-8-2-3-17(19)21/h4-7,14,16,25H,2-3,8-12H2,1H3/t14-,16-/m0/s1. The van der Waals surface area contributed by atoms with Crippen LogP contribution in [0.2, 0.25) is 0 Å². The van der Waals surface area contributed by atoms with Gasteiger partial charge in [0.25, 0.3) is 0 Å². The number of rotatable bonds is 5. The average Bonchev–Trinajstić information content (AvgIpc) is 3.19. The maximum atomic E-state index is 12.5. The number of carbonyl (C=O) groups is 2. The van der Waals surface area contributed by atoms with Crippen molar-refractivity contribution in [2.45, 2.75) is 37.2 Å². The lowest BCUT2D eigenvalue weighted by Crippen LogP contribution is -2.43. The first-order chi connectivity index (χ1) is 12.1. The van der Waals surface area contributed by atoms with E-state index in [1.54, 1.807) is 12.0 Å². The minimum Gasteiger partial charge on any atom is -0.497 e. The lowest BCUT2D eigenvalue weighted by Gasteiger charge is -2.27. The molecule has 6 nitrogen and oxygen atoms in total. The number of benzene rings is 1. The number of carbonyl (C=O) groups excluding carboxylic acids is 2. The number of amides is 2. The molecule has 0 spiro atoms.